The molecule has 0 heterocycles. The SMILES string of the molecule is O=C(CCCCCCC(Cl)C(=O)c1ccccc1)OOC(=O)CCCCCCC(Cl)C(=O)c1ccccc1. The molecule has 0 aliphatic carbocycles. The molecular formula is C30H36Cl2O6. The second kappa shape index (κ2) is 18.5. The highest BCUT2D eigenvalue weighted by Crippen LogP contribution is 2.17. The van der Waals surface area contributed by atoms with E-state index in [1.807, 2.05) is 36.4 Å². The topological polar surface area (TPSA) is 86.7 Å². The van der Waals surface area contributed by atoms with E-state index < -0.39 is 22.7 Å². The Balaban J connectivity index is 1.42. The van der Waals surface area contributed by atoms with Gasteiger partial charge in [-0.1, -0.05) is 99.2 Å². The third-order valence-electron chi connectivity index (χ3n) is 6.09. The van der Waals surface area contributed by atoms with Crippen LogP contribution in [0.2, 0.25) is 0 Å². The first-order valence-electron chi connectivity index (χ1n) is 13.3. The lowest BCUT2D eigenvalue weighted by molar-refractivity contribution is -0.259. The summed E-state index contributed by atoms with van der Waals surface area (Å²) in [6.45, 7) is 0. The Kier molecular flexibility index (Phi) is 15.4. The lowest BCUT2D eigenvalue weighted by Gasteiger charge is -2.08. The van der Waals surface area contributed by atoms with Crippen molar-refractivity contribution in [3.63, 3.8) is 0 Å². The fourth-order valence-electron chi connectivity index (χ4n) is 3.90. The molecule has 0 spiro atoms. The summed E-state index contributed by atoms with van der Waals surface area (Å²) in [7, 11) is 0. The standard InChI is InChI=1S/C30H36Cl2O6/c31-25(29(35)23-15-7-5-8-16-23)19-11-1-3-13-21-27(33)37-38-28(34)22-14-4-2-12-20-26(32)30(36)24-17-9-6-10-18-24/h5-10,15-18,25-26H,1-4,11-14,19-22H2. The molecule has 38 heavy (non-hydrogen) atoms. The number of alkyl halides is 2. The maximum Gasteiger partial charge on any atom is 0.355 e. The van der Waals surface area contributed by atoms with Crippen molar-refractivity contribution in [2.24, 2.45) is 0 Å². The zero-order valence-electron chi connectivity index (χ0n) is 21.6. The lowest BCUT2D eigenvalue weighted by atomic mass is 10.0. The molecule has 2 rings (SSSR count). The number of unbranched alkanes of at least 4 members (excludes halogenated alkanes) is 6. The molecular weight excluding hydrogens is 527 g/mol. The van der Waals surface area contributed by atoms with Crippen LogP contribution < -0.4 is 0 Å². The van der Waals surface area contributed by atoms with Crippen LogP contribution in [0.15, 0.2) is 60.7 Å². The summed E-state index contributed by atoms with van der Waals surface area (Å²) in [5.74, 6) is -1.30. The summed E-state index contributed by atoms with van der Waals surface area (Å²) in [6, 6.07) is 18.0. The van der Waals surface area contributed by atoms with Gasteiger partial charge in [0.2, 0.25) is 0 Å². The molecule has 2 atom stereocenters. The number of benzene rings is 2. The summed E-state index contributed by atoms with van der Waals surface area (Å²) in [4.78, 5) is 57.2. The third kappa shape index (κ3) is 12.7. The van der Waals surface area contributed by atoms with Crippen molar-refractivity contribution in [3.8, 4) is 0 Å². The van der Waals surface area contributed by atoms with Crippen LogP contribution in [0.4, 0.5) is 0 Å². The second-order valence-electron chi connectivity index (χ2n) is 9.21. The van der Waals surface area contributed by atoms with E-state index in [0.717, 1.165) is 38.5 Å². The van der Waals surface area contributed by atoms with Gasteiger partial charge in [0.15, 0.2) is 11.6 Å². The highest BCUT2D eigenvalue weighted by atomic mass is 35.5. The largest absolute Gasteiger partial charge is 0.355 e. The normalized spacial score (nSPS) is 12.4. The Hall–Kier alpha value is -2.70. The Bertz CT molecular complexity index is 915. The zero-order valence-corrected chi connectivity index (χ0v) is 23.1. The first-order chi connectivity index (χ1) is 18.4. The van der Waals surface area contributed by atoms with Crippen molar-refractivity contribution in [2.75, 3.05) is 0 Å². The number of carbonyl (C=O) groups excluding carboxylic acids is 4. The first kappa shape index (κ1) is 31.5. The first-order valence-corrected chi connectivity index (χ1v) is 14.1. The zero-order chi connectivity index (χ0) is 27.6. The average molecular weight is 564 g/mol. The van der Waals surface area contributed by atoms with Gasteiger partial charge >= 0.3 is 11.9 Å². The van der Waals surface area contributed by atoms with Crippen LogP contribution in [0.25, 0.3) is 0 Å². The van der Waals surface area contributed by atoms with Gasteiger partial charge < -0.3 is 0 Å². The number of ketones is 2. The predicted molar refractivity (Wildman–Crippen MR) is 148 cm³/mol. The van der Waals surface area contributed by atoms with E-state index in [4.69, 9.17) is 23.2 Å². The van der Waals surface area contributed by atoms with E-state index in [1.165, 1.54) is 0 Å². The van der Waals surface area contributed by atoms with Gasteiger partial charge in [-0.25, -0.2) is 19.4 Å². The van der Waals surface area contributed by atoms with Gasteiger partial charge in [-0.05, 0) is 25.7 Å². The van der Waals surface area contributed by atoms with Crippen molar-refractivity contribution < 1.29 is 29.0 Å². The molecule has 2 aromatic rings. The molecule has 0 saturated carbocycles. The Morgan fingerprint density at radius 2 is 0.868 bits per heavy atom. The van der Waals surface area contributed by atoms with E-state index in [-0.39, 0.29) is 24.4 Å². The molecule has 0 aromatic heterocycles. The van der Waals surface area contributed by atoms with E-state index in [2.05, 4.69) is 9.78 Å². The summed E-state index contributed by atoms with van der Waals surface area (Å²) >= 11 is 12.4. The predicted octanol–water partition coefficient (Wildman–Crippen LogP) is 7.65. The summed E-state index contributed by atoms with van der Waals surface area (Å²) in [5.41, 5.74) is 1.22. The molecule has 0 saturated heterocycles. The van der Waals surface area contributed by atoms with Crippen LogP contribution in [0.1, 0.15) is 97.8 Å². The van der Waals surface area contributed by atoms with Crippen molar-refractivity contribution in [2.45, 2.75) is 87.8 Å². The Morgan fingerprint density at radius 3 is 1.24 bits per heavy atom. The van der Waals surface area contributed by atoms with Gasteiger partial charge in [0, 0.05) is 11.1 Å². The van der Waals surface area contributed by atoms with Crippen LogP contribution in [-0.4, -0.2) is 34.3 Å². The molecule has 2 unspecified atom stereocenters. The van der Waals surface area contributed by atoms with E-state index in [0.29, 0.717) is 36.8 Å². The van der Waals surface area contributed by atoms with Gasteiger partial charge in [-0.2, -0.15) is 0 Å². The second-order valence-corrected chi connectivity index (χ2v) is 10.3. The van der Waals surface area contributed by atoms with Gasteiger partial charge in [-0.3, -0.25) is 9.59 Å². The van der Waals surface area contributed by atoms with Crippen LogP contribution in [-0.2, 0) is 19.4 Å². The van der Waals surface area contributed by atoms with Crippen molar-refractivity contribution in [1.29, 1.82) is 0 Å². The van der Waals surface area contributed by atoms with Crippen LogP contribution in [0, 0.1) is 0 Å². The molecule has 6 nitrogen and oxygen atoms in total. The Morgan fingerprint density at radius 1 is 0.526 bits per heavy atom. The molecule has 0 radical (unpaired) electrons. The maximum absolute atomic E-state index is 12.2. The average Bonchev–Trinajstić information content (AvgIpc) is 2.95. The molecule has 0 aliphatic heterocycles. The summed E-state index contributed by atoms with van der Waals surface area (Å²) in [6.07, 6.45) is 7.48. The van der Waals surface area contributed by atoms with Crippen LogP contribution in [0.5, 0.6) is 0 Å². The minimum Gasteiger partial charge on any atom is -0.293 e. The van der Waals surface area contributed by atoms with E-state index in [1.54, 1.807) is 24.3 Å². The highest BCUT2D eigenvalue weighted by molar-refractivity contribution is 6.34. The molecule has 0 bridgehead atoms. The smallest absolute Gasteiger partial charge is 0.293 e. The number of hydrogen-bond acceptors (Lipinski definition) is 6. The Labute approximate surface area is 234 Å². The fraction of sp³-hybridized carbons (Fsp3) is 0.467. The van der Waals surface area contributed by atoms with Crippen molar-refractivity contribution >= 4 is 46.7 Å². The number of carbonyl (C=O) groups is 4. The maximum atomic E-state index is 12.2. The fourth-order valence-corrected chi connectivity index (χ4v) is 4.46. The van der Waals surface area contributed by atoms with E-state index in [9.17, 15) is 19.2 Å². The number of halogens is 2. The van der Waals surface area contributed by atoms with Crippen molar-refractivity contribution in [1.82, 2.24) is 0 Å². The number of hydrogen-bond donors (Lipinski definition) is 0. The van der Waals surface area contributed by atoms with Gasteiger partial charge in [0.25, 0.3) is 0 Å². The minimum absolute atomic E-state index is 0.0723. The van der Waals surface area contributed by atoms with Crippen LogP contribution >= 0.6 is 23.2 Å². The van der Waals surface area contributed by atoms with Crippen LogP contribution in [0.3, 0.4) is 0 Å². The summed E-state index contributed by atoms with van der Waals surface area (Å²) < 4.78 is 0. The van der Waals surface area contributed by atoms with E-state index >= 15 is 0 Å². The minimum atomic E-state index is -0.580. The third-order valence-corrected chi connectivity index (χ3v) is 6.92. The van der Waals surface area contributed by atoms with Gasteiger partial charge in [0.1, 0.15) is 0 Å². The van der Waals surface area contributed by atoms with Crippen molar-refractivity contribution in [3.05, 3.63) is 71.8 Å². The van der Waals surface area contributed by atoms with Gasteiger partial charge in [-0.15, -0.1) is 23.2 Å². The molecule has 0 aliphatic rings. The van der Waals surface area contributed by atoms with Gasteiger partial charge in [0.05, 0.1) is 23.6 Å². The molecule has 0 fully saturated rings. The molecule has 206 valence electrons. The molecule has 8 heteroatoms. The highest BCUT2D eigenvalue weighted by Gasteiger charge is 2.17. The monoisotopic (exact) mass is 562 g/mol. The summed E-state index contributed by atoms with van der Waals surface area (Å²) in [5, 5.41) is -1.11. The number of rotatable bonds is 18. The molecule has 0 N–H and O–H groups in total. The molecule has 2 aromatic carbocycles. The number of Topliss-reactive ketones (excluding diaryl/α,β-unsaturated/α-hetero) is 2. The molecule has 0 amide bonds. The quantitative estimate of drug-likeness (QED) is 0.0609. The lowest BCUT2D eigenvalue weighted by Crippen LogP contribution is -2.14.